The van der Waals surface area contributed by atoms with E-state index in [1.54, 1.807) is 11.8 Å². The monoisotopic (exact) mass is 294 g/mol. The zero-order chi connectivity index (χ0) is 15.0. The first kappa shape index (κ1) is 15.9. The van der Waals surface area contributed by atoms with Crippen LogP contribution in [-0.4, -0.2) is 28.2 Å². The molecular formula is C17H26O2S. The van der Waals surface area contributed by atoms with Crippen molar-refractivity contribution in [3.05, 3.63) is 29.8 Å². The highest BCUT2D eigenvalue weighted by Crippen LogP contribution is 2.44. The van der Waals surface area contributed by atoms with Gasteiger partial charge in [0.05, 0.1) is 17.3 Å². The van der Waals surface area contributed by atoms with Gasteiger partial charge in [0.2, 0.25) is 0 Å². The number of aliphatic hydroxyl groups excluding tert-OH is 1. The van der Waals surface area contributed by atoms with E-state index in [0.29, 0.717) is 0 Å². The average molecular weight is 294 g/mol. The molecule has 0 bridgehead atoms. The van der Waals surface area contributed by atoms with Gasteiger partial charge < -0.3 is 9.84 Å². The summed E-state index contributed by atoms with van der Waals surface area (Å²) in [6.45, 7) is 10.5. The lowest BCUT2D eigenvalue weighted by molar-refractivity contribution is -0.0853. The van der Waals surface area contributed by atoms with Crippen LogP contribution < -0.4 is 0 Å². The first-order chi connectivity index (χ1) is 9.21. The first-order valence-electron chi connectivity index (χ1n) is 7.28. The van der Waals surface area contributed by atoms with Crippen LogP contribution in [-0.2, 0) is 4.74 Å². The predicted molar refractivity (Wildman–Crippen MR) is 85.3 cm³/mol. The molecule has 1 aliphatic heterocycles. The molecule has 2 atom stereocenters. The van der Waals surface area contributed by atoms with E-state index in [1.807, 2.05) is 12.1 Å². The molecule has 2 rings (SSSR count). The molecule has 0 amide bonds. The fourth-order valence-corrected chi connectivity index (χ4v) is 4.27. The van der Waals surface area contributed by atoms with Crippen molar-refractivity contribution in [2.75, 3.05) is 5.75 Å². The molecular weight excluding hydrogens is 268 g/mol. The van der Waals surface area contributed by atoms with Gasteiger partial charge in [-0.25, -0.2) is 0 Å². The molecule has 112 valence electrons. The normalized spacial score (nSPS) is 25.6. The molecule has 1 aromatic carbocycles. The second kappa shape index (κ2) is 5.70. The smallest absolute Gasteiger partial charge is 0.0690 e. The van der Waals surface area contributed by atoms with Crippen molar-refractivity contribution in [3.8, 4) is 0 Å². The largest absolute Gasteiger partial charge is 0.392 e. The van der Waals surface area contributed by atoms with Gasteiger partial charge in [0.25, 0.3) is 0 Å². The van der Waals surface area contributed by atoms with Crippen LogP contribution in [0.1, 0.15) is 39.7 Å². The Kier molecular flexibility index (Phi) is 4.53. The van der Waals surface area contributed by atoms with Crippen LogP contribution in [0.15, 0.2) is 29.2 Å². The summed E-state index contributed by atoms with van der Waals surface area (Å²) in [4.78, 5) is 1.25. The van der Waals surface area contributed by atoms with E-state index in [0.717, 1.165) is 12.2 Å². The van der Waals surface area contributed by atoms with Crippen LogP contribution in [0.25, 0.3) is 0 Å². The van der Waals surface area contributed by atoms with E-state index < -0.39 is 0 Å². The van der Waals surface area contributed by atoms with Gasteiger partial charge in [-0.15, -0.1) is 11.8 Å². The second-order valence-corrected chi connectivity index (χ2v) is 7.98. The topological polar surface area (TPSA) is 29.5 Å². The number of aliphatic hydroxyl groups is 1. The molecule has 1 N–H and O–H groups in total. The minimum Gasteiger partial charge on any atom is -0.392 e. The summed E-state index contributed by atoms with van der Waals surface area (Å²) >= 11 is 1.74. The van der Waals surface area contributed by atoms with Gasteiger partial charge in [0.1, 0.15) is 0 Å². The highest BCUT2D eigenvalue weighted by molar-refractivity contribution is 7.99. The zero-order valence-corrected chi connectivity index (χ0v) is 14.0. The Morgan fingerprint density at radius 1 is 1.30 bits per heavy atom. The van der Waals surface area contributed by atoms with E-state index in [9.17, 15) is 5.11 Å². The lowest BCUT2D eigenvalue weighted by Crippen LogP contribution is -2.37. The maximum absolute atomic E-state index is 10.6. The molecule has 2 unspecified atom stereocenters. The van der Waals surface area contributed by atoms with Crippen molar-refractivity contribution in [2.24, 2.45) is 5.92 Å². The zero-order valence-electron chi connectivity index (χ0n) is 13.1. The molecule has 1 heterocycles. The van der Waals surface area contributed by atoms with Gasteiger partial charge in [-0.05, 0) is 52.7 Å². The molecule has 0 saturated carbocycles. The maximum Gasteiger partial charge on any atom is 0.0690 e. The van der Waals surface area contributed by atoms with Crippen molar-refractivity contribution in [1.82, 2.24) is 0 Å². The highest BCUT2D eigenvalue weighted by atomic mass is 32.2. The fourth-order valence-electron chi connectivity index (χ4n) is 3.21. The molecule has 1 saturated heterocycles. The van der Waals surface area contributed by atoms with E-state index in [-0.39, 0.29) is 23.2 Å². The van der Waals surface area contributed by atoms with Crippen molar-refractivity contribution in [1.29, 1.82) is 0 Å². The summed E-state index contributed by atoms with van der Waals surface area (Å²) in [5, 5.41) is 10.6. The van der Waals surface area contributed by atoms with Crippen LogP contribution >= 0.6 is 11.8 Å². The van der Waals surface area contributed by atoms with Crippen LogP contribution in [0.4, 0.5) is 0 Å². The van der Waals surface area contributed by atoms with Crippen molar-refractivity contribution in [2.45, 2.75) is 63.2 Å². The first-order valence-corrected chi connectivity index (χ1v) is 8.26. The number of hydrogen-bond acceptors (Lipinski definition) is 3. The Labute approximate surface area is 126 Å². The van der Waals surface area contributed by atoms with Gasteiger partial charge in [0, 0.05) is 16.6 Å². The second-order valence-electron chi connectivity index (χ2n) is 6.92. The van der Waals surface area contributed by atoms with Gasteiger partial charge in [-0.2, -0.15) is 0 Å². The molecule has 20 heavy (non-hydrogen) atoms. The Bertz CT molecular complexity index is 468. The van der Waals surface area contributed by atoms with E-state index in [4.69, 9.17) is 4.74 Å². The maximum atomic E-state index is 10.6. The summed E-state index contributed by atoms with van der Waals surface area (Å²) in [6.07, 6.45) is 0.576. The van der Waals surface area contributed by atoms with Crippen molar-refractivity contribution in [3.63, 3.8) is 0 Å². The Morgan fingerprint density at radius 3 is 2.50 bits per heavy atom. The molecule has 1 aromatic rings. The Morgan fingerprint density at radius 2 is 1.95 bits per heavy atom. The van der Waals surface area contributed by atoms with Crippen LogP contribution in [0.2, 0.25) is 0 Å². The molecule has 2 nitrogen and oxygen atoms in total. The molecule has 1 fully saturated rings. The SMILES string of the molecule is Cc1ccccc1SCC(O)C1CC(C)(C)OC1(C)C. The number of hydrogen-bond donors (Lipinski definition) is 1. The van der Waals surface area contributed by atoms with E-state index in [1.165, 1.54) is 10.5 Å². The van der Waals surface area contributed by atoms with Crippen LogP contribution in [0.5, 0.6) is 0 Å². The summed E-state index contributed by atoms with van der Waals surface area (Å²) in [7, 11) is 0. The quantitative estimate of drug-likeness (QED) is 0.850. The fraction of sp³-hybridized carbons (Fsp3) is 0.647. The average Bonchev–Trinajstić information content (AvgIpc) is 2.56. The molecule has 1 aliphatic rings. The minimum absolute atomic E-state index is 0.136. The standard InChI is InChI=1S/C17H26O2S/c1-12-8-6-7-9-15(12)20-11-14(18)13-10-16(2,3)19-17(13,4)5/h6-9,13-14,18H,10-11H2,1-5H3. The van der Waals surface area contributed by atoms with Crippen molar-refractivity contribution >= 4 is 11.8 Å². The van der Waals surface area contributed by atoms with E-state index >= 15 is 0 Å². The molecule has 0 radical (unpaired) electrons. The third-order valence-corrected chi connectivity index (χ3v) is 5.39. The summed E-state index contributed by atoms with van der Waals surface area (Å²) < 4.78 is 6.08. The third-order valence-electron chi connectivity index (χ3n) is 4.11. The number of thioether (sulfide) groups is 1. The molecule has 3 heteroatoms. The third kappa shape index (κ3) is 3.57. The minimum atomic E-state index is -0.337. The Balaban J connectivity index is 1.99. The summed E-state index contributed by atoms with van der Waals surface area (Å²) in [5.74, 6) is 0.910. The van der Waals surface area contributed by atoms with Gasteiger partial charge in [-0.1, -0.05) is 18.2 Å². The lowest BCUT2D eigenvalue weighted by Gasteiger charge is -2.30. The van der Waals surface area contributed by atoms with Crippen molar-refractivity contribution < 1.29 is 9.84 Å². The number of benzene rings is 1. The summed E-state index contributed by atoms with van der Waals surface area (Å²) in [6, 6.07) is 8.33. The summed E-state index contributed by atoms with van der Waals surface area (Å²) in [5.41, 5.74) is 0.879. The van der Waals surface area contributed by atoms with Crippen LogP contribution in [0.3, 0.4) is 0 Å². The molecule has 0 spiro atoms. The highest BCUT2D eigenvalue weighted by Gasteiger charge is 2.48. The number of rotatable bonds is 4. The van der Waals surface area contributed by atoms with E-state index in [2.05, 4.69) is 46.8 Å². The predicted octanol–water partition coefficient (Wildman–Crippen LogP) is 4.04. The molecule has 0 aliphatic carbocycles. The van der Waals surface area contributed by atoms with Crippen LogP contribution in [0, 0.1) is 12.8 Å². The van der Waals surface area contributed by atoms with Gasteiger partial charge >= 0.3 is 0 Å². The number of ether oxygens (including phenoxy) is 1. The van der Waals surface area contributed by atoms with Gasteiger partial charge in [0.15, 0.2) is 0 Å². The Hall–Kier alpha value is -0.510. The molecule has 0 aromatic heterocycles. The van der Waals surface area contributed by atoms with Gasteiger partial charge in [-0.3, -0.25) is 0 Å². The number of aryl methyl sites for hydroxylation is 1. The lowest BCUT2D eigenvalue weighted by atomic mass is 9.84.